The molecule has 0 radical (unpaired) electrons. The summed E-state index contributed by atoms with van der Waals surface area (Å²) in [5, 5.41) is 3.01. The molecule has 2 heterocycles. The van der Waals surface area contributed by atoms with Crippen molar-refractivity contribution in [2.24, 2.45) is 0 Å². The normalized spacial score (nSPS) is 14.7. The molecule has 8 nitrogen and oxygen atoms in total. The van der Waals surface area contributed by atoms with Crippen molar-refractivity contribution in [3.63, 3.8) is 0 Å². The van der Waals surface area contributed by atoms with E-state index >= 15 is 0 Å². The average molecular weight is 545 g/mol. The number of H-pyrrole nitrogens is 1. The zero-order valence-electron chi connectivity index (χ0n) is 24.1. The molecule has 4 rings (SSSR count). The Labute approximate surface area is 236 Å². The van der Waals surface area contributed by atoms with Gasteiger partial charge >= 0.3 is 0 Å². The summed E-state index contributed by atoms with van der Waals surface area (Å²) in [4.78, 5) is 36.0. The molecular formula is C32H40N4O4. The van der Waals surface area contributed by atoms with Crippen LogP contribution in [0.3, 0.4) is 0 Å². The average Bonchev–Trinajstić information content (AvgIpc) is 3.33. The van der Waals surface area contributed by atoms with Gasteiger partial charge in [0.2, 0.25) is 11.8 Å². The minimum Gasteiger partial charge on any atom is -0.497 e. The van der Waals surface area contributed by atoms with Crippen LogP contribution in [0.25, 0.3) is 0 Å². The fraction of sp³-hybridized carbons (Fsp3) is 0.406. The van der Waals surface area contributed by atoms with Crippen LogP contribution in [-0.2, 0) is 32.8 Å². The van der Waals surface area contributed by atoms with Crippen LogP contribution in [0.2, 0.25) is 0 Å². The van der Waals surface area contributed by atoms with Gasteiger partial charge in [0.25, 0.3) is 0 Å². The third kappa shape index (κ3) is 6.99. The number of hydrogen-bond donors (Lipinski definition) is 2. The first kappa shape index (κ1) is 29.1. The maximum Gasteiger partial charge on any atom is 0.245 e. The summed E-state index contributed by atoms with van der Waals surface area (Å²) in [6.45, 7) is 9.40. The molecule has 3 aromatic rings. The number of nitrogens with one attached hydrogen (secondary N) is 2. The van der Waals surface area contributed by atoms with Crippen molar-refractivity contribution >= 4 is 11.8 Å². The Bertz CT molecular complexity index is 1330. The summed E-state index contributed by atoms with van der Waals surface area (Å²) in [6, 6.07) is 15.0. The highest BCUT2D eigenvalue weighted by molar-refractivity contribution is 5.88. The quantitative estimate of drug-likeness (QED) is 0.329. The summed E-state index contributed by atoms with van der Waals surface area (Å²) in [5.41, 5.74) is 5.55. The predicted molar refractivity (Wildman–Crippen MR) is 155 cm³/mol. The van der Waals surface area contributed by atoms with Gasteiger partial charge in [0.15, 0.2) is 0 Å². The Morgan fingerprint density at radius 3 is 2.48 bits per heavy atom. The largest absolute Gasteiger partial charge is 0.497 e. The zero-order chi connectivity index (χ0) is 28.7. The van der Waals surface area contributed by atoms with Crippen molar-refractivity contribution < 1.29 is 19.1 Å². The molecule has 8 heteroatoms. The number of aromatic nitrogens is 2. The molecule has 40 heavy (non-hydrogen) atoms. The number of carbonyl (C=O) groups is 2. The highest BCUT2D eigenvalue weighted by Gasteiger charge is 2.49. The lowest BCUT2D eigenvalue weighted by atomic mass is 9.82. The number of likely N-dealkylation sites (tertiary alicyclic amines) is 1. The zero-order valence-corrected chi connectivity index (χ0v) is 24.1. The van der Waals surface area contributed by atoms with Crippen molar-refractivity contribution in [1.82, 2.24) is 20.2 Å². The Kier molecular flexibility index (Phi) is 9.42. The van der Waals surface area contributed by atoms with E-state index < -0.39 is 11.6 Å². The van der Waals surface area contributed by atoms with E-state index in [1.54, 1.807) is 18.3 Å². The number of nitrogens with zero attached hydrogens (tertiary/aromatic N) is 2. The Hall–Kier alpha value is -3.91. The molecule has 0 aliphatic carbocycles. The van der Waals surface area contributed by atoms with Crippen LogP contribution in [0.5, 0.6) is 5.75 Å². The molecule has 0 saturated carbocycles. The summed E-state index contributed by atoms with van der Waals surface area (Å²) < 4.78 is 11.7. The van der Waals surface area contributed by atoms with Gasteiger partial charge in [0.05, 0.1) is 38.8 Å². The maximum absolute atomic E-state index is 13.9. The molecular weight excluding hydrogens is 504 g/mol. The number of ether oxygens (including phenoxy) is 2. The molecule has 1 saturated heterocycles. The number of methoxy groups -OCH3 is 1. The molecule has 2 N–H and O–H groups in total. The smallest absolute Gasteiger partial charge is 0.245 e. The molecule has 0 spiro atoms. The molecule has 1 aliphatic rings. The minimum atomic E-state index is -0.700. The molecule has 1 aromatic heterocycles. The maximum atomic E-state index is 13.9. The lowest BCUT2D eigenvalue weighted by molar-refractivity contribution is -0.171. The fourth-order valence-corrected chi connectivity index (χ4v) is 5.07. The van der Waals surface area contributed by atoms with Gasteiger partial charge in [-0.2, -0.15) is 0 Å². The van der Waals surface area contributed by atoms with E-state index in [0.717, 1.165) is 33.8 Å². The number of amides is 2. The Morgan fingerprint density at radius 2 is 1.85 bits per heavy atom. The summed E-state index contributed by atoms with van der Waals surface area (Å²) in [5.74, 6) is 0.444. The van der Waals surface area contributed by atoms with Crippen molar-refractivity contribution in [3.8, 4) is 5.75 Å². The fourth-order valence-electron chi connectivity index (χ4n) is 5.07. The van der Waals surface area contributed by atoms with Gasteiger partial charge in [-0.1, -0.05) is 48.0 Å². The molecule has 1 aliphatic heterocycles. The van der Waals surface area contributed by atoms with Gasteiger partial charge in [0, 0.05) is 25.0 Å². The summed E-state index contributed by atoms with van der Waals surface area (Å²) in [6.07, 6.45) is 4.81. The van der Waals surface area contributed by atoms with Gasteiger partial charge in [-0.05, 0) is 56.5 Å². The van der Waals surface area contributed by atoms with Crippen molar-refractivity contribution in [1.29, 1.82) is 0 Å². The molecule has 2 amide bonds. The summed E-state index contributed by atoms with van der Waals surface area (Å²) >= 11 is 0. The van der Waals surface area contributed by atoms with Gasteiger partial charge in [-0.3, -0.25) is 9.59 Å². The number of rotatable bonds is 12. The molecule has 1 unspecified atom stereocenters. The number of aryl methyl sites for hydroxylation is 3. The van der Waals surface area contributed by atoms with Gasteiger partial charge < -0.3 is 24.7 Å². The standard InChI is InChI=1S/C32H40N4O4/c1-22(2)16-17-40-32(27-9-7-6-8-23(27)3)19-36(20-32)31(38)29(18-25-10-12-26(39-5)13-11-25)35-30(37)15-14-28-24(4)33-21-34-28/h6-13,16,21,29H,14-15,17-20H2,1-5H3,(H,33,34)(H,35,37). The summed E-state index contributed by atoms with van der Waals surface area (Å²) in [7, 11) is 1.62. The SMILES string of the molecule is COc1ccc(CC(NC(=O)CCc2nc[nH]c2C)C(=O)N2CC(OCC=C(C)C)(c3ccccc3C)C2)cc1. The topological polar surface area (TPSA) is 96.5 Å². The number of benzene rings is 2. The van der Waals surface area contributed by atoms with Crippen LogP contribution in [0.4, 0.5) is 0 Å². The third-order valence-corrected chi connectivity index (χ3v) is 7.45. The number of allylic oxidation sites excluding steroid dienone is 1. The first-order valence-corrected chi connectivity index (χ1v) is 13.7. The highest BCUT2D eigenvalue weighted by Crippen LogP contribution is 2.38. The van der Waals surface area contributed by atoms with Crippen LogP contribution < -0.4 is 10.1 Å². The molecule has 1 atom stereocenters. The van der Waals surface area contributed by atoms with Crippen molar-refractivity contribution in [2.75, 3.05) is 26.8 Å². The van der Waals surface area contributed by atoms with E-state index in [4.69, 9.17) is 9.47 Å². The lowest BCUT2D eigenvalue weighted by Crippen LogP contribution is -2.66. The molecule has 0 bridgehead atoms. The van der Waals surface area contributed by atoms with E-state index in [9.17, 15) is 9.59 Å². The van der Waals surface area contributed by atoms with Crippen LogP contribution >= 0.6 is 0 Å². The second-order valence-corrected chi connectivity index (χ2v) is 10.7. The van der Waals surface area contributed by atoms with E-state index in [2.05, 4.69) is 40.4 Å². The van der Waals surface area contributed by atoms with Crippen molar-refractivity contribution in [2.45, 2.75) is 58.6 Å². The van der Waals surface area contributed by atoms with Crippen LogP contribution in [0.1, 0.15) is 48.3 Å². The first-order valence-electron chi connectivity index (χ1n) is 13.7. The molecule has 1 fully saturated rings. The van der Waals surface area contributed by atoms with Crippen LogP contribution in [-0.4, -0.2) is 59.5 Å². The van der Waals surface area contributed by atoms with Gasteiger partial charge in [-0.25, -0.2) is 4.98 Å². The number of carbonyl (C=O) groups excluding carboxylic acids is 2. The first-order chi connectivity index (χ1) is 19.2. The second kappa shape index (κ2) is 13.0. The predicted octanol–water partition coefficient (Wildman–Crippen LogP) is 4.42. The highest BCUT2D eigenvalue weighted by atomic mass is 16.5. The molecule has 2 aromatic carbocycles. The lowest BCUT2D eigenvalue weighted by Gasteiger charge is -2.51. The minimum absolute atomic E-state index is 0.116. The van der Waals surface area contributed by atoms with Crippen LogP contribution in [0, 0.1) is 13.8 Å². The molecule has 212 valence electrons. The monoisotopic (exact) mass is 544 g/mol. The number of imidazole rings is 1. The van der Waals surface area contributed by atoms with E-state index in [-0.39, 0.29) is 18.2 Å². The van der Waals surface area contributed by atoms with Crippen LogP contribution in [0.15, 0.2) is 66.5 Å². The Balaban J connectivity index is 1.50. The van der Waals surface area contributed by atoms with E-state index in [0.29, 0.717) is 32.5 Å². The Morgan fingerprint density at radius 1 is 1.12 bits per heavy atom. The van der Waals surface area contributed by atoms with Crippen molar-refractivity contribution in [3.05, 3.63) is 94.6 Å². The van der Waals surface area contributed by atoms with E-state index in [1.807, 2.05) is 57.2 Å². The number of hydrogen-bond acceptors (Lipinski definition) is 5. The number of aromatic amines is 1. The van der Waals surface area contributed by atoms with Gasteiger partial charge in [0.1, 0.15) is 17.4 Å². The van der Waals surface area contributed by atoms with Gasteiger partial charge in [-0.15, -0.1) is 0 Å². The second-order valence-electron chi connectivity index (χ2n) is 10.7. The third-order valence-electron chi connectivity index (χ3n) is 7.45. The van der Waals surface area contributed by atoms with E-state index in [1.165, 1.54) is 5.57 Å².